The number of piperidine rings is 1. The number of benzene rings is 1. The average Bonchev–Trinajstić information content (AvgIpc) is 2.21. The molecule has 0 amide bonds. The number of nitrogens with one attached hydrogen (secondary N) is 1. The van der Waals surface area contributed by atoms with E-state index >= 15 is 0 Å². The topological polar surface area (TPSA) is 32.3 Å². The molecule has 2 unspecified atom stereocenters. The van der Waals surface area contributed by atoms with Crippen molar-refractivity contribution in [3.8, 4) is 0 Å². The predicted molar refractivity (Wildman–Crippen MR) is 66.8 cm³/mol. The number of hydrogen-bond donors (Lipinski definition) is 2. The number of aliphatic hydroxyl groups is 1. The Labute approximate surface area is 102 Å². The van der Waals surface area contributed by atoms with Crippen LogP contribution in [0.5, 0.6) is 0 Å². The fourth-order valence-electron chi connectivity index (χ4n) is 2.44. The average molecular weight is 240 g/mol. The summed E-state index contributed by atoms with van der Waals surface area (Å²) in [4.78, 5) is 0. The molecule has 88 valence electrons. The molecule has 0 aliphatic carbocycles. The van der Waals surface area contributed by atoms with Gasteiger partial charge in [0.05, 0.1) is 5.60 Å². The van der Waals surface area contributed by atoms with E-state index in [0.29, 0.717) is 6.04 Å². The van der Waals surface area contributed by atoms with Crippen molar-refractivity contribution in [1.29, 1.82) is 0 Å². The van der Waals surface area contributed by atoms with Crippen LogP contribution in [0.3, 0.4) is 0 Å². The minimum absolute atomic E-state index is 0.394. The quantitative estimate of drug-likeness (QED) is 0.831. The minimum atomic E-state index is -0.557. The highest BCUT2D eigenvalue weighted by atomic mass is 35.5. The van der Waals surface area contributed by atoms with Crippen LogP contribution in [0, 0.1) is 0 Å². The molecule has 16 heavy (non-hydrogen) atoms. The van der Waals surface area contributed by atoms with Crippen molar-refractivity contribution in [2.75, 3.05) is 6.54 Å². The third-order valence-corrected chi connectivity index (χ3v) is 3.47. The zero-order chi connectivity index (χ0) is 11.6. The van der Waals surface area contributed by atoms with Crippen molar-refractivity contribution < 1.29 is 5.11 Å². The molecule has 0 spiro atoms. The first-order valence-corrected chi connectivity index (χ1v) is 6.15. The molecule has 2 rings (SSSR count). The Morgan fingerprint density at radius 2 is 2.12 bits per heavy atom. The molecule has 0 saturated carbocycles. The minimum Gasteiger partial charge on any atom is -0.389 e. The van der Waals surface area contributed by atoms with Crippen molar-refractivity contribution in [1.82, 2.24) is 5.32 Å². The molecule has 1 aliphatic heterocycles. The van der Waals surface area contributed by atoms with Crippen LogP contribution in [0.2, 0.25) is 5.02 Å². The second kappa shape index (κ2) is 4.74. The zero-order valence-electron chi connectivity index (χ0n) is 9.54. The van der Waals surface area contributed by atoms with Crippen LogP contribution in [-0.4, -0.2) is 23.3 Å². The van der Waals surface area contributed by atoms with Gasteiger partial charge in [-0.2, -0.15) is 0 Å². The summed E-state index contributed by atoms with van der Waals surface area (Å²) in [6.45, 7) is 3.01. The lowest BCUT2D eigenvalue weighted by atomic mass is 9.83. The summed E-state index contributed by atoms with van der Waals surface area (Å²) in [5.74, 6) is 0. The predicted octanol–water partition coefficient (Wildman–Crippen LogP) is 2.39. The summed E-state index contributed by atoms with van der Waals surface area (Å²) in [5.41, 5.74) is 0.597. The second-order valence-corrected chi connectivity index (χ2v) is 5.27. The molecular formula is C13H18ClNO. The first-order chi connectivity index (χ1) is 7.57. The standard InChI is InChI=1S/C13H18ClNO/c1-10-8-13(16,6-7-15-10)9-11-2-4-12(14)5-3-11/h2-5,10,15-16H,6-9H2,1H3. The van der Waals surface area contributed by atoms with Crippen LogP contribution in [0.25, 0.3) is 0 Å². The van der Waals surface area contributed by atoms with Crippen LogP contribution in [0.4, 0.5) is 0 Å². The lowest BCUT2D eigenvalue weighted by molar-refractivity contribution is -0.00125. The lowest BCUT2D eigenvalue weighted by Gasteiger charge is -2.36. The summed E-state index contributed by atoms with van der Waals surface area (Å²) in [6.07, 6.45) is 2.35. The SMILES string of the molecule is CC1CC(O)(Cc2ccc(Cl)cc2)CCN1. The highest BCUT2D eigenvalue weighted by Gasteiger charge is 2.32. The molecule has 3 heteroatoms. The molecule has 0 radical (unpaired) electrons. The van der Waals surface area contributed by atoms with E-state index in [9.17, 15) is 5.11 Å². The fourth-order valence-corrected chi connectivity index (χ4v) is 2.56. The Balaban J connectivity index is 2.05. The Hall–Kier alpha value is -0.570. The van der Waals surface area contributed by atoms with Crippen molar-refractivity contribution >= 4 is 11.6 Å². The van der Waals surface area contributed by atoms with Crippen LogP contribution in [0.1, 0.15) is 25.3 Å². The van der Waals surface area contributed by atoms with Gasteiger partial charge in [-0.05, 0) is 44.0 Å². The van der Waals surface area contributed by atoms with E-state index in [4.69, 9.17) is 11.6 Å². The number of rotatable bonds is 2. The summed E-state index contributed by atoms with van der Waals surface area (Å²) in [5, 5.41) is 14.6. The normalized spacial score (nSPS) is 30.3. The Kier molecular flexibility index (Phi) is 3.53. The lowest BCUT2D eigenvalue weighted by Crippen LogP contribution is -2.47. The highest BCUT2D eigenvalue weighted by Crippen LogP contribution is 2.26. The molecular weight excluding hydrogens is 222 g/mol. The molecule has 0 aromatic heterocycles. The molecule has 2 atom stereocenters. The maximum absolute atomic E-state index is 10.5. The third-order valence-electron chi connectivity index (χ3n) is 3.22. The van der Waals surface area contributed by atoms with Gasteiger partial charge < -0.3 is 10.4 Å². The molecule has 1 aromatic carbocycles. The van der Waals surface area contributed by atoms with Gasteiger partial charge in [0.15, 0.2) is 0 Å². The van der Waals surface area contributed by atoms with Gasteiger partial charge in [0.1, 0.15) is 0 Å². The van der Waals surface area contributed by atoms with Gasteiger partial charge >= 0.3 is 0 Å². The van der Waals surface area contributed by atoms with Gasteiger partial charge in [0, 0.05) is 17.5 Å². The Bertz CT molecular complexity index is 351. The maximum atomic E-state index is 10.5. The summed E-state index contributed by atoms with van der Waals surface area (Å²) >= 11 is 5.84. The van der Waals surface area contributed by atoms with Crippen LogP contribution in [0.15, 0.2) is 24.3 Å². The Morgan fingerprint density at radius 1 is 1.44 bits per heavy atom. The zero-order valence-corrected chi connectivity index (χ0v) is 10.3. The van der Waals surface area contributed by atoms with Crippen LogP contribution >= 0.6 is 11.6 Å². The largest absolute Gasteiger partial charge is 0.389 e. The molecule has 0 bridgehead atoms. The van der Waals surface area contributed by atoms with Crippen molar-refractivity contribution in [2.24, 2.45) is 0 Å². The first kappa shape index (κ1) is 11.9. The van der Waals surface area contributed by atoms with E-state index in [1.807, 2.05) is 24.3 Å². The molecule has 1 fully saturated rings. The highest BCUT2D eigenvalue weighted by molar-refractivity contribution is 6.30. The number of halogens is 1. The van der Waals surface area contributed by atoms with E-state index in [1.165, 1.54) is 0 Å². The summed E-state index contributed by atoms with van der Waals surface area (Å²) in [7, 11) is 0. The smallest absolute Gasteiger partial charge is 0.0714 e. The fraction of sp³-hybridized carbons (Fsp3) is 0.538. The van der Waals surface area contributed by atoms with E-state index in [1.54, 1.807) is 0 Å². The van der Waals surface area contributed by atoms with Crippen LogP contribution in [-0.2, 0) is 6.42 Å². The summed E-state index contributed by atoms with van der Waals surface area (Å²) < 4.78 is 0. The number of hydrogen-bond acceptors (Lipinski definition) is 2. The van der Waals surface area contributed by atoms with Gasteiger partial charge in [-0.15, -0.1) is 0 Å². The monoisotopic (exact) mass is 239 g/mol. The van der Waals surface area contributed by atoms with E-state index in [0.717, 1.165) is 36.4 Å². The van der Waals surface area contributed by atoms with E-state index in [2.05, 4.69) is 12.2 Å². The van der Waals surface area contributed by atoms with Gasteiger partial charge in [-0.25, -0.2) is 0 Å². The molecule has 2 N–H and O–H groups in total. The van der Waals surface area contributed by atoms with E-state index in [-0.39, 0.29) is 0 Å². The maximum Gasteiger partial charge on any atom is 0.0714 e. The van der Waals surface area contributed by atoms with Gasteiger partial charge in [-0.1, -0.05) is 23.7 Å². The van der Waals surface area contributed by atoms with E-state index < -0.39 is 5.60 Å². The van der Waals surface area contributed by atoms with Crippen molar-refractivity contribution in [3.05, 3.63) is 34.9 Å². The van der Waals surface area contributed by atoms with Crippen LogP contribution < -0.4 is 5.32 Å². The molecule has 2 nitrogen and oxygen atoms in total. The Morgan fingerprint density at radius 3 is 2.75 bits per heavy atom. The second-order valence-electron chi connectivity index (χ2n) is 4.84. The van der Waals surface area contributed by atoms with Gasteiger partial charge in [-0.3, -0.25) is 0 Å². The van der Waals surface area contributed by atoms with Crippen molar-refractivity contribution in [3.63, 3.8) is 0 Å². The molecule has 1 aromatic rings. The summed E-state index contributed by atoms with van der Waals surface area (Å²) in [6, 6.07) is 8.14. The first-order valence-electron chi connectivity index (χ1n) is 5.78. The van der Waals surface area contributed by atoms with Gasteiger partial charge in [0.2, 0.25) is 0 Å². The molecule has 1 heterocycles. The third kappa shape index (κ3) is 2.97. The van der Waals surface area contributed by atoms with Crippen molar-refractivity contribution in [2.45, 2.75) is 37.8 Å². The molecule has 1 saturated heterocycles. The van der Waals surface area contributed by atoms with Gasteiger partial charge in [0.25, 0.3) is 0 Å². The molecule has 1 aliphatic rings.